The number of anilines is 2. The average molecular weight is 279 g/mol. The van der Waals surface area contributed by atoms with Crippen molar-refractivity contribution in [1.29, 1.82) is 0 Å². The molecule has 20 heavy (non-hydrogen) atoms. The molecule has 1 aromatic carbocycles. The predicted molar refractivity (Wildman–Crippen MR) is 83.0 cm³/mol. The first-order chi connectivity index (χ1) is 9.54. The molecule has 1 amide bonds. The zero-order chi connectivity index (χ0) is 15.0. The number of nitrogens with one attached hydrogen (secondary N) is 2. The van der Waals surface area contributed by atoms with Crippen LogP contribution in [0.4, 0.5) is 11.4 Å². The summed E-state index contributed by atoms with van der Waals surface area (Å²) < 4.78 is 4.89. The molecule has 0 radical (unpaired) electrons. The number of carbonyl (C=O) groups excluding carboxylic acids is 1. The maximum Gasteiger partial charge on any atom is 0.251 e. The van der Waals surface area contributed by atoms with Gasteiger partial charge in [-0.05, 0) is 30.5 Å². The summed E-state index contributed by atoms with van der Waals surface area (Å²) in [6.45, 7) is 6.22. The van der Waals surface area contributed by atoms with Gasteiger partial charge in [-0.2, -0.15) is 0 Å². The first-order valence-electron chi connectivity index (χ1n) is 6.95. The lowest BCUT2D eigenvalue weighted by Crippen LogP contribution is -2.27. The van der Waals surface area contributed by atoms with Crippen LogP contribution in [0.2, 0.25) is 0 Å². The Morgan fingerprint density at radius 1 is 1.35 bits per heavy atom. The lowest BCUT2D eigenvalue weighted by molar-refractivity contribution is 0.0937. The predicted octanol–water partition coefficient (Wildman–Crippen LogP) is 2.10. The number of hydrogen-bond acceptors (Lipinski definition) is 4. The standard InChI is InChI=1S/C15H25N3O2/c1-11(2)6-7-17-14-5-4-12(10-13(14)16)15(19)18-8-9-20-3/h4-5,10-11,17H,6-9,16H2,1-3H3,(H,18,19). The highest BCUT2D eigenvalue weighted by molar-refractivity contribution is 5.96. The van der Waals surface area contributed by atoms with E-state index in [9.17, 15) is 4.79 Å². The first kappa shape index (κ1) is 16.3. The Kier molecular flexibility index (Phi) is 6.87. The van der Waals surface area contributed by atoms with Gasteiger partial charge < -0.3 is 21.1 Å². The Labute approximate surface area is 120 Å². The van der Waals surface area contributed by atoms with Crippen molar-refractivity contribution in [3.63, 3.8) is 0 Å². The zero-order valence-corrected chi connectivity index (χ0v) is 12.5. The minimum absolute atomic E-state index is 0.137. The molecule has 112 valence electrons. The van der Waals surface area contributed by atoms with Crippen molar-refractivity contribution < 1.29 is 9.53 Å². The van der Waals surface area contributed by atoms with Crippen molar-refractivity contribution in [1.82, 2.24) is 5.32 Å². The topological polar surface area (TPSA) is 76.4 Å². The van der Waals surface area contributed by atoms with Crippen LogP contribution in [0.1, 0.15) is 30.6 Å². The molecule has 0 saturated carbocycles. The number of nitrogens with two attached hydrogens (primary N) is 1. The van der Waals surface area contributed by atoms with Crippen LogP contribution in [-0.4, -0.2) is 32.7 Å². The van der Waals surface area contributed by atoms with Gasteiger partial charge >= 0.3 is 0 Å². The van der Waals surface area contributed by atoms with E-state index in [0.717, 1.165) is 18.7 Å². The lowest BCUT2D eigenvalue weighted by Gasteiger charge is -2.12. The van der Waals surface area contributed by atoms with E-state index < -0.39 is 0 Å². The summed E-state index contributed by atoms with van der Waals surface area (Å²) in [6, 6.07) is 5.32. The number of hydrogen-bond donors (Lipinski definition) is 3. The molecule has 0 aliphatic heterocycles. The van der Waals surface area contributed by atoms with Crippen LogP contribution in [0, 0.1) is 5.92 Å². The van der Waals surface area contributed by atoms with Crippen LogP contribution in [0.25, 0.3) is 0 Å². The normalized spacial score (nSPS) is 10.6. The minimum atomic E-state index is -0.137. The molecule has 5 heteroatoms. The molecule has 5 nitrogen and oxygen atoms in total. The third-order valence-corrected chi connectivity index (χ3v) is 2.94. The highest BCUT2D eigenvalue weighted by Crippen LogP contribution is 2.20. The second-order valence-corrected chi connectivity index (χ2v) is 5.16. The quantitative estimate of drug-likeness (QED) is 0.503. The second kappa shape index (κ2) is 8.43. The molecule has 0 aromatic heterocycles. The van der Waals surface area contributed by atoms with E-state index in [1.165, 1.54) is 0 Å². The van der Waals surface area contributed by atoms with Crippen molar-refractivity contribution in [3.05, 3.63) is 23.8 Å². The van der Waals surface area contributed by atoms with E-state index in [4.69, 9.17) is 10.5 Å². The van der Waals surface area contributed by atoms with E-state index in [1.807, 2.05) is 6.07 Å². The van der Waals surface area contributed by atoms with Crippen LogP contribution in [0.15, 0.2) is 18.2 Å². The van der Waals surface area contributed by atoms with E-state index in [0.29, 0.717) is 30.3 Å². The van der Waals surface area contributed by atoms with Crippen molar-refractivity contribution >= 4 is 17.3 Å². The number of carbonyl (C=O) groups is 1. The molecule has 0 atom stereocenters. The number of amides is 1. The highest BCUT2D eigenvalue weighted by atomic mass is 16.5. The third kappa shape index (κ3) is 5.48. The van der Waals surface area contributed by atoms with Crippen LogP contribution in [0.3, 0.4) is 0 Å². The summed E-state index contributed by atoms with van der Waals surface area (Å²) in [4.78, 5) is 11.8. The van der Waals surface area contributed by atoms with Crippen LogP contribution in [0.5, 0.6) is 0 Å². The largest absolute Gasteiger partial charge is 0.397 e. The van der Waals surface area contributed by atoms with E-state index >= 15 is 0 Å². The molecule has 0 bridgehead atoms. The molecule has 4 N–H and O–H groups in total. The van der Waals surface area contributed by atoms with Crippen molar-refractivity contribution in [2.75, 3.05) is 37.9 Å². The molecule has 0 aliphatic carbocycles. The fourth-order valence-electron chi connectivity index (χ4n) is 1.73. The molecular formula is C15H25N3O2. The maximum absolute atomic E-state index is 11.8. The molecular weight excluding hydrogens is 254 g/mol. The Balaban J connectivity index is 2.56. The molecule has 0 heterocycles. The Morgan fingerprint density at radius 3 is 2.70 bits per heavy atom. The van der Waals surface area contributed by atoms with Gasteiger partial charge in [0.05, 0.1) is 18.0 Å². The zero-order valence-electron chi connectivity index (χ0n) is 12.5. The van der Waals surface area contributed by atoms with Crippen LogP contribution < -0.4 is 16.4 Å². The number of benzene rings is 1. The average Bonchev–Trinajstić information content (AvgIpc) is 2.40. The van der Waals surface area contributed by atoms with E-state index in [2.05, 4.69) is 24.5 Å². The van der Waals surface area contributed by atoms with Crippen molar-refractivity contribution in [2.45, 2.75) is 20.3 Å². The van der Waals surface area contributed by atoms with E-state index in [1.54, 1.807) is 19.2 Å². The monoisotopic (exact) mass is 279 g/mol. The molecule has 0 spiro atoms. The summed E-state index contributed by atoms with van der Waals surface area (Å²) in [5, 5.41) is 6.05. The SMILES string of the molecule is COCCNC(=O)c1ccc(NCCC(C)C)c(N)c1. The van der Waals surface area contributed by atoms with Gasteiger partial charge in [-0.15, -0.1) is 0 Å². The summed E-state index contributed by atoms with van der Waals surface area (Å²) in [7, 11) is 1.60. The second-order valence-electron chi connectivity index (χ2n) is 5.16. The molecule has 0 saturated heterocycles. The summed E-state index contributed by atoms with van der Waals surface area (Å²) >= 11 is 0. The fraction of sp³-hybridized carbons (Fsp3) is 0.533. The number of ether oxygens (including phenoxy) is 1. The summed E-state index contributed by atoms with van der Waals surface area (Å²) in [5.74, 6) is 0.511. The molecule has 0 fully saturated rings. The number of nitrogen functional groups attached to an aromatic ring is 1. The molecule has 0 unspecified atom stereocenters. The third-order valence-electron chi connectivity index (χ3n) is 2.94. The molecule has 1 rings (SSSR count). The van der Waals surface area contributed by atoms with Crippen LogP contribution in [-0.2, 0) is 4.74 Å². The summed E-state index contributed by atoms with van der Waals surface area (Å²) in [6.07, 6.45) is 1.08. The van der Waals surface area contributed by atoms with Crippen molar-refractivity contribution in [2.24, 2.45) is 5.92 Å². The summed E-state index contributed by atoms with van der Waals surface area (Å²) in [5.41, 5.74) is 7.99. The number of methoxy groups -OCH3 is 1. The first-order valence-corrected chi connectivity index (χ1v) is 6.95. The van der Waals surface area contributed by atoms with Crippen molar-refractivity contribution in [3.8, 4) is 0 Å². The Bertz CT molecular complexity index is 433. The minimum Gasteiger partial charge on any atom is -0.397 e. The van der Waals surface area contributed by atoms with Gasteiger partial charge in [0.15, 0.2) is 0 Å². The Morgan fingerprint density at radius 2 is 2.10 bits per heavy atom. The lowest BCUT2D eigenvalue weighted by atomic mass is 10.1. The fourth-order valence-corrected chi connectivity index (χ4v) is 1.73. The maximum atomic E-state index is 11.8. The van der Waals surface area contributed by atoms with Gasteiger partial charge in [0.25, 0.3) is 5.91 Å². The van der Waals surface area contributed by atoms with Gasteiger partial charge in [-0.1, -0.05) is 13.8 Å². The smallest absolute Gasteiger partial charge is 0.251 e. The van der Waals surface area contributed by atoms with Gasteiger partial charge in [0.1, 0.15) is 0 Å². The van der Waals surface area contributed by atoms with Gasteiger partial charge in [-0.25, -0.2) is 0 Å². The van der Waals surface area contributed by atoms with E-state index in [-0.39, 0.29) is 5.91 Å². The van der Waals surface area contributed by atoms with Gasteiger partial charge in [-0.3, -0.25) is 4.79 Å². The number of rotatable bonds is 8. The Hall–Kier alpha value is -1.75. The highest BCUT2D eigenvalue weighted by Gasteiger charge is 2.07. The molecule has 0 aliphatic rings. The van der Waals surface area contributed by atoms with Crippen LogP contribution >= 0.6 is 0 Å². The van der Waals surface area contributed by atoms with Gasteiger partial charge in [0, 0.05) is 25.8 Å². The van der Waals surface area contributed by atoms with Gasteiger partial charge in [0.2, 0.25) is 0 Å². The molecule has 1 aromatic rings.